The second-order valence-electron chi connectivity index (χ2n) is 4.40. The summed E-state index contributed by atoms with van der Waals surface area (Å²) in [6.45, 7) is 2.61. The van der Waals surface area contributed by atoms with E-state index >= 15 is 0 Å². The number of rotatable bonds is 6. The first-order valence-electron chi connectivity index (χ1n) is 5.98. The monoisotopic (exact) mass is 232 g/mol. The molecule has 1 aliphatic carbocycles. The van der Waals surface area contributed by atoms with Gasteiger partial charge in [0.05, 0.1) is 24.8 Å². The Morgan fingerprint density at radius 3 is 3.06 bits per heavy atom. The summed E-state index contributed by atoms with van der Waals surface area (Å²) >= 11 is 0. The average Bonchev–Trinajstić information content (AvgIpc) is 2.86. The van der Waals surface area contributed by atoms with Gasteiger partial charge in [0.25, 0.3) is 0 Å². The molecule has 0 spiro atoms. The summed E-state index contributed by atoms with van der Waals surface area (Å²) in [6, 6.07) is 0.730. The molecule has 0 radical (unpaired) electrons. The van der Waals surface area contributed by atoms with Gasteiger partial charge in [0.1, 0.15) is 0 Å². The largest absolute Gasteiger partial charge is 0.332 e. The van der Waals surface area contributed by atoms with E-state index in [1.807, 2.05) is 23.4 Å². The van der Waals surface area contributed by atoms with Crippen LogP contribution in [0.3, 0.4) is 0 Å². The molecule has 0 bridgehead atoms. The van der Waals surface area contributed by atoms with Crippen molar-refractivity contribution in [1.82, 2.24) is 29.9 Å². The Labute approximate surface area is 99.7 Å². The van der Waals surface area contributed by atoms with Crippen LogP contribution in [0.25, 0.3) is 0 Å². The topological polar surface area (TPSA) is 60.6 Å². The van der Waals surface area contributed by atoms with Crippen molar-refractivity contribution in [1.29, 1.82) is 0 Å². The quantitative estimate of drug-likeness (QED) is 0.784. The van der Waals surface area contributed by atoms with Gasteiger partial charge in [-0.1, -0.05) is 5.21 Å². The van der Waals surface area contributed by atoms with Crippen LogP contribution in [0.4, 0.5) is 0 Å². The Bertz CT molecular complexity index is 456. The van der Waals surface area contributed by atoms with Crippen molar-refractivity contribution in [3.63, 3.8) is 0 Å². The van der Waals surface area contributed by atoms with Gasteiger partial charge in [-0.2, -0.15) is 0 Å². The van der Waals surface area contributed by atoms with E-state index in [0.29, 0.717) is 0 Å². The summed E-state index contributed by atoms with van der Waals surface area (Å²) in [5.74, 6) is 0. The van der Waals surface area contributed by atoms with E-state index in [1.54, 1.807) is 6.20 Å². The predicted molar refractivity (Wildman–Crippen MR) is 62.1 cm³/mol. The Kier molecular flexibility index (Phi) is 2.87. The number of hydrogen-bond acceptors (Lipinski definition) is 4. The molecule has 2 aromatic heterocycles. The zero-order valence-electron chi connectivity index (χ0n) is 9.66. The number of nitrogens with one attached hydrogen (secondary N) is 1. The van der Waals surface area contributed by atoms with Crippen molar-refractivity contribution in [2.24, 2.45) is 0 Å². The van der Waals surface area contributed by atoms with Crippen molar-refractivity contribution < 1.29 is 0 Å². The fraction of sp³-hybridized carbons (Fsp3) is 0.545. The van der Waals surface area contributed by atoms with E-state index in [2.05, 4.69) is 25.2 Å². The Morgan fingerprint density at radius 2 is 2.29 bits per heavy atom. The lowest BCUT2D eigenvalue weighted by molar-refractivity contribution is 0.502. The molecule has 1 N–H and O–H groups in total. The highest BCUT2D eigenvalue weighted by Crippen LogP contribution is 2.19. The normalized spacial score (nSPS) is 15.3. The Hall–Kier alpha value is -1.69. The molecule has 1 saturated carbocycles. The summed E-state index contributed by atoms with van der Waals surface area (Å²) in [5, 5.41) is 11.2. The third kappa shape index (κ3) is 2.71. The molecule has 6 nitrogen and oxygen atoms in total. The minimum atomic E-state index is 0.730. The number of aryl methyl sites for hydroxylation is 2. The minimum Gasteiger partial charge on any atom is -0.332 e. The maximum atomic E-state index is 4.20. The van der Waals surface area contributed by atoms with Crippen molar-refractivity contribution in [2.75, 3.05) is 0 Å². The first-order valence-corrected chi connectivity index (χ1v) is 5.98. The van der Waals surface area contributed by atoms with Crippen LogP contribution in [-0.4, -0.2) is 30.6 Å². The molecule has 2 aromatic rings. The highest BCUT2D eigenvalue weighted by Gasteiger charge is 2.20. The molecular weight excluding hydrogens is 216 g/mol. The molecule has 0 aliphatic heterocycles. The van der Waals surface area contributed by atoms with Gasteiger partial charge in [0, 0.05) is 31.5 Å². The molecule has 0 saturated heterocycles. The average molecular weight is 232 g/mol. The Balaban J connectivity index is 1.56. The van der Waals surface area contributed by atoms with E-state index < -0.39 is 0 Å². The van der Waals surface area contributed by atoms with Crippen LogP contribution in [0.15, 0.2) is 24.9 Å². The van der Waals surface area contributed by atoms with Crippen LogP contribution >= 0.6 is 0 Å². The molecule has 1 fully saturated rings. The van der Waals surface area contributed by atoms with E-state index in [4.69, 9.17) is 0 Å². The smallest absolute Gasteiger partial charge is 0.0949 e. The van der Waals surface area contributed by atoms with E-state index in [0.717, 1.165) is 25.7 Å². The van der Waals surface area contributed by atoms with Crippen LogP contribution in [0, 0.1) is 0 Å². The molecule has 90 valence electrons. The second kappa shape index (κ2) is 4.67. The summed E-state index contributed by atoms with van der Waals surface area (Å²) in [4.78, 5) is 4.20. The molecule has 0 unspecified atom stereocenters. The predicted octanol–water partition coefficient (Wildman–Crippen LogP) is 0.427. The van der Waals surface area contributed by atoms with Crippen LogP contribution in [-0.2, 0) is 19.6 Å². The fourth-order valence-electron chi connectivity index (χ4n) is 1.80. The van der Waals surface area contributed by atoms with Crippen molar-refractivity contribution in [3.8, 4) is 0 Å². The standard InChI is InChI=1S/C11H16N6/c1-2-10(1)13-8-11-7-12-9-16(11)5-6-17-4-3-14-15-17/h3-4,7,9-10,13H,1-2,5-6,8H2. The third-order valence-corrected chi connectivity index (χ3v) is 2.99. The zero-order chi connectivity index (χ0) is 11.5. The number of hydrogen-bond donors (Lipinski definition) is 1. The minimum absolute atomic E-state index is 0.730. The van der Waals surface area contributed by atoms with Crippen LogP contribution in [0.2, 0.25) is 0 Å². The van der Waals surface area contributed by atoms with Crippen molar-refractivity contribution in [3.05, 3.63) is 30.6 Å². The molecule has 6 heteroatoms. The van der Waals surface area contributed by atoms with Gasteiger partial charge in [0.2, 0.25) is 0 Å². The second-order valence-corrected chi connectivity index (χ2v) is 4.40. The highest BCUT2D eigenvalue weighted by atomic mass is 15.4. The van der Waals surface area contributed by atoms with Crippen LogP contribution < -0.4 is 5.32 Å². The lowest BCUT2D eigenvalue weighted by Crippen LogP contribution is -2.19. The molecule has 0 aromatic carbocycles. The van der Waals surface area contributed by atoms with E-state index in [9.17, 15) is 0 Å². The van der Waals surface area contributed by atoms with E-state index in [-0.39, 0.29) is 0 Å². The Morgan fingerprint density at radius 1 is 1.35 bits per heavy atom. The highest BCUT2D eigenvalue weighted by molar-refractivity contribution is 4.99. The molecule has 1 aliphatic rings. The van der Waals surface area contributed by atoms with Crippen LogP contribution in [0.5, 0.6) is 0 Å². The lowest BCUT2D eigenvalue weighted by atomic mass is 10.4. The van der Waals surface area contributed by atoms with Gasteiger partial charge < -0.3 is 9.88 Å². The van der Waals surface area contributed by atoms with Crippen LogP contribution in [0.1, 0.15) is 18.5 Å². The van der Waals surface area contributed by atoms with Gasteiger partial charge >= 0.3 is 0 Å². The number of nitrogens with zero attached hydrogens (tertiary/aromatic N) is 5. The van der Waals surface area contributed by atoms with Gasteiger partial charge in [-0.15, -0.1) is 5.10 Å². The van der Waals surface area contributed by atoms with Gasteiger partial charge in [-0.3, -0.25) is 4.68 Å². The van der Waals surface area contributed by atoms with E-state index in [1.165, 1.54) is 18.5 Å². The molecule has 2 heterocycles. The molecular formula is C11H16N6. The maximum Gasteiger partial charge on any atom is 0.0949 e. The number of imidazole rings is 1. The maximum absolute atomic E-state index is 4.20. The summed E-state index contributed by atoms with van der Waals surface area (Å²) in [7, 11) is 0. The molecule has 0 atom stereocenters. The number of aromatic nitrogens is 5. The van der Waals surface area contributed by atoms with Gasteiger partial charge in [-0.25, -0.2) is 4.98 Å². The first kappa shape index (κ1) is 10.5. The molecule has 17 heavy (non-hydrogen) atoms. The SMILES string of the molecule is c1cn(CCn2cncc2CNC2CC2)nn1. The summed E-state index contributed by atoms with van der Waals surface area (Å²) < 4.78 is 4.00. The van der Waals surface area contributed by atoms with Gasteiger partial charge in [0.15, 0.2) is 0 Å². The van der Waals surface area contributed by atoms with Crippen molar-refractivity contribution in [2.45, 2.75) is 38.5 Å². The summed E-state index contributed by atoms with van der Waals surface area (Å²) in [5.41, 5.74) is 1.23. The van der Waals surface area contributed by atoms with Crippen molar-refractivity contribution >= 4 is 0 Å². The summed E-state index contributed by atoms with van der Waals surface area (Å²) in [6.07, 6.45) is 10.0. The molecule has 3 rings (SSSR count). The zero-order valence-corrected chi connectivity index (χ0v) is 9.66. The fourth-order valence-corrected chi connectivity index (χ4v) is 1.80. The molecule has 0 amide bonds. The first-order chi connectivity index (χ1) is 8.42. The lowest BCUT2D eigenvalue weighted by Gasteiger charge is -2.08. The van der Waals surface area contributed by atoms with Gasteiger partial charge in [-0.05, 0) is 12.8 Å². The third-order valence-electron chi connectivity index (χ3n) is 2.99.